The summed E-state index contributed by atoms with van der Waals surface area (Å²) in [6, 6.07) is 9.18. The van der Waals surface area contributed by atoms with Crippen molar-refractivity contribution in [3.05, 3.63) is 48.3 Å². The minimum Gasteiger partial charge on any atom is -0.491 e. The van der Waals surface area contributed by atoms with Crippen LogP contribution in [0.15, 0.2) is 42.7 Å². The largest absolute Gasteiger partial charge is 0.491 e. The van der Waals surface area contributed by atoms with Crippen LogP contribution >= 0.6 is 0 Å². The summed E-state index contributed by atoms with van der Waals surface area (Å²) >= 11 is 0. The summed E-state index contributed by atoms with van der Waals surface area (Å²) in [5, 5.41) is 2.64. The summed E-state index contributed by atoms with van der Waals surface area (Å²) in [5.74, 6) is 0.974. The Labute approximate surface area is 118 Å². The molecule has 1 aromatic carbocycles. The number of hydrogen-bond acceptors (Lipinski definition) is 4. The van der Waals surface area contributed by atoms with Crippen LogP contribution in [-0.2, 0) is 11.2 Å². The summed E-state index contributed by atoms with van der Waals surface area (Å²) in [4.78, 5) is 19.7. The minimum atomic E-state index is -0.145. The average molecular weight is 271 g/mol. The normalized spacial score (nSPS) is 10.3. The molecule has 0 saturated heterocycles. The molecule has 5 nitrogen and oxygen atoms in total. The van der Waals surface area contributed by atoms with Gasteiger partial charge in [0.2, 0.25) is 11.9 Å². The fourth-order valence-electron chi connectivity index (χ4n) is 1.68. The molecule has 0 aliphatic rings. The molecular weight excluding hydrogens is 254 g/mol. The number of anilines is 1. The van der Waals surface area contributed by atoms with Crippen molar-refractivity contribution in [2.24, 2.45) is 0 Å². The first-order chi connectivity index (χ1) is 9.63. The Balaban J connectivity index is 1.91. The van der Waals surface area contributed by atoms with Crippen LogP contribution in [0.3, 0.4) is 0 Å². The lowest BCUT2D eigenvalue weighted by molar-refractivity contribution is -0.115. The van der Waals surface area contributed by atoms with Crippen molar-refractivity contribution in [2.75, 3.05) is 5.32 Å². The van der Waals surface area contributed by atoms with Gasteiger partial charge in [-0.25, -0.2) is 9.97 Å². The fourth-order valence-corrected chi connectivity index (χ4v) is 1.68. The zero-order chi connectivity index (χ0) is 14.4. The standard InChI is InChI=1S/C15H17N3O2/c1-11(2)20-13-6-4-12(5-7-13)10-14(19)18-15-16-8-3-9-17-15/h3-9,11H,10H2,1-2H3,(H,16,17,18,19). The van der Waals surface area contributed by atoms with Crippen LogP contribution in [0.25, 0.3) is 0 Å². The fraction of sp³-hybridized carbons (Fsp3) is 0.267. The molecule has 0 fully saturated rings. The van der Waals surface area contributed by atoms with Crippen molar-refractivity contribution in [1.29, 1.82) is 0 Å². The maximum atomic E-state index is 11.8. The summed E-state index contributed by atoms with van der Waals surface area (Å²) in [6.07, 6.45) is 3.58. The summed E-state index contributed by atoms with van der Waals surface area (Å²) in [6.45, 7) is 3.95. The van der Waals surface area contributed by atoms with Gasteiger partial charge in [-0.15, -0.1) is 0 Å². The molecule has 0 spiro atoms. The number of carbonyl (C=O) groups is 1. The molecule has 0 bridgehead atoms. The summed E-state index contributed by atoms with van der Waals surface area (Å²) in [7, 11) is 0. The zero-order valence-corrected chi connectivity index (χ0v) is 11.5. The van der Waals surface area contributed by atoms with E-state index in [2.05, 4.69) is 15.3 Å². The molecule has 0 atom stereocenters. The van der Waals surface area contributed by atoms with Gasteiger partial charge in [0.05, 0.1) is 12.5 Å². The lowest BCUT2D eigenvalue weighted by Gasteiger charge is -2.10. The van der Waals surface area contributed by atoms with Crippen molar-refractivity contribution in [3.63, 3.8) is 0 Å². The molecule has 0 saturated carbocycles. The van der Waals surface area contributed by atoms with E-state index < -0.39 is 0 Å². The highest BCUT2D eigenvalue weighted by Gasteiger charge is 2.06. The van der Waals surface area contributed by atoms with Crippen LogP contribution in [0.1, 0.15) is 19.4 Å². The minimum absolute atomic E-state index is 0.138. The Hall–Kier alpha value is -2.43. The molecule has 0 radical (unpaired) electrons. The second kappa shape index (κ2) is 6.65. The van der Waals surface area contributed by atoms with E-state index in [1.807, 2.05) is 38.1 Å². The maximum absolute atomic E-state index is 11.8. The van der Waals surface area contributed by atoms with E-state index >= 15 is 0 Å². The van der Waals surface area contributed by atoms with Crippen molar-refractivity contribution < 1.29 is 9.53 Å². The van der Waals surface area contributed by atoms with Crippen molar-refractivity contribution in [1.82, 2.24) is 9.97 Å². The number of ether oxygens (including phenoxy) is 1. The quantitative estimate of drug-likeness (QED) is 0.907. The molecule has 0 unspecified atom stereocenters. The van der Waals surface area contributed by atoms with Crippen LogP contribution in [0.2, 0.25) is 0 Å². The molecule has 1 aromatic heterocycles. The van der Waals surface area contributed by atoms with Crippen LogP contribution in [0.5, 0.6) is 5.75 Å². The van der Waals surface area contributed by atoms with E-state index in [-0.39, 0.29) is 18.4 Å². The van der Waals surface area contributed by atoms with Gasteiger partial charge in [-0.2, -0.15) is 0 Å². The Morgan fingerprint density at radius 3 is 2.45 bits per heavy atom. The SMILES string of the molecule is CC(C)Oc1ccc(CC(=O)Nc2ncccn2)cc1. The van der Waals surface area contributed by atoms with Crippen molar-refractivity contribution >= 4 is 11.9 Å². The molecule has 20 heavy (non-hydrogen) atoms. The van der Waals surface area contributed by atoms with Gasteiger partial charge in [0, 0.05) is 12.4 Å². The lowest BCUT2D eigenvalue weighted by atomic mass is 10.1. The third-order valence-corrected chi connectivity index (χ3v) is 2.48. The highest BCUT2D eigenvalue weighted by molar-refractivity contribution is 5.90. The molecular formula is C15H17N3O2. The molecule has 0 aliphatic carbocycles. The third-order valence-electron chi connectivity index (χ3n) is 2.48. The molecule has 1 N–H and O–H groups in total. The summed E-state index contributed by atoms with van der Waals surface area (Å²) < 4.78 is 5.55. The number of amides is 1. The smallest absolute Gasteiger partial charge is 0.231 e. The average Bonchev–Trinajstić information content (AvgIpc) is 2.41. The van der Waals surface area contributed by atoms with E-state index in [0.29, 0.717) is 5.95 Å². The highest BCUT2D eigenvalue weighted by atomic mass is 16.5. The first-order valence-corrected chi connectivity index (χ1v) is 6.46. The van der Waals surface area contributed by atoms with Crippen LogP contribution < -0.4 is 10.1 Å². The van der Waals surface area contributed by atoms with E-state index in [1.165, 1.54) is 0 Å². The van der Waals surface area contributed by atoms with E-state index in [1.54, 1.807) is 18.5 Å². The van der Waals surface area contributed by atoms with Crippen molar-refractivity contribution in [2.45, 2.75) is 26.4 Å². The Kier molecular flexibility index (Phi) is 4.65. The number of carbonyl (C=O) groups excluding carboxylic acids is 1. The Morgan fingerprint density at radius 2 is 1.85 bits per heavy atom. The molecule has 2 rings (SSSR count). The van der Waals surface area contributed by atoms with Crippen LogP contribution in [0, 0.1) is 0 Å². The zero-order valence-electron chi connectivity index (χ0n) is 11.5. The van der Waals surface area contributed by atoms with Crippen LogP contribution in [-0.4, -0.2) is 22.0 Å². The van der Waals surface area contributed by atoms with Gasteiger partial charge in [0.1, 0.15) is 5.75 Å². The van der Waals surface area contributed by atoms with Gasteiger partial charge in [0.25, 0.3) is 0 Å². The van der Waals surface area contributed by atoms with E-state index in [4.69, 9.17) is 4.74 Å². The van der Waals surface area contributed by atoms with Gasteiger partial charge in [-0.05, 0) is 37.6 Å². The van der Waals surface area contributed by atoms with Gasteiger partial charge in [0.15, 0.2) is 0 Å². The molecule has 1 heterocycles. The molecule has 0 aliphatic heterocycles. The molecule has 104 valence electrons. The maximum Gasteiger partial charge on any atom is 0.231 e. The van der Waals surface area contributed by atoms with Gasteiger partial charge in [-0.1, -0.05) is 12.1 Å². The Bertz CT molecular complexity index is 553. The van der Waals surface area contributed by atoms with E-state index in [9.17, 15) is 4.79 Å². The van der Waals surface area contributed by atoms with Crippen molar-refractivity contribution in [3.8, 4) is 5.75 Å². The monoisotopic (exact) mass is 271 g/mol. The third kappa shape index (κ3) is 4.35. The van der Waals surface area contributed by atoms with Crippen LogP contribution in [0.4, 0.5) is 5.95 Å². The second-order valence-corrected chi connectivity index (χ2v) is 4.61. The first-order valence-electron chi connectivity index (χ1n) is 6.46. The van der Waals surface area contributed by atoms with Gasteiger partial charge >= 0.3 is 0 Å². The molecule has 1 amide bonds. The molecule has 2 aromatic rings. The second-order valence-electron chi connectivity index (χ2n) is 4.61. The summed E-state index contributed by atoms with van der Waals surface area (Å²) in [5.41, 5.74) is 0.912. The number of aromatic nitrogens is 2. The predicted octanol–water partition coefficient (Wildman–Crippen LogP) is 2.45. The number of nitrogens with zero attached hydrogens (tertiary/aromatic N) is 2. The number of nitrogens with one attached hydrogen (secondary N) is 1. The number of benzene rings is 1. The predicted molar refractivity (Wildman–Crippen MR) is 76.6 cm³/mol. The highest BCUT2D eigenvalue weighted by Crippen LogP contribution is 2.14. The van der Waals surface area contributed by atoms with Gasteiger partial charge in [-0.3, -0.25) is 10.1 Å². The number of hydrogen-bond donors (Lipinski definition) is 1. The lowest BCUT2D eigenvalue weighted by Crippen LogP contribution is -2.16. The Morgan fingerprint density at radius 1 is 1.20 bits per heavy atom. The van der Waals surface area contributed by atoms with Gasteiger partial charge < -0.3 is 4.74 Å². The number of rotatable bonds is 5. The van der Waals surface area contributed by atoms with E-state index in [0.717, 1.165) is 11.3 Å². The topological polar surface area (TPSA) is 64.1 Å². The molecule has 5 heteroatoms. The first kappa shape index (κ1) is 14.0.